The third-order valence-corrected chi connectivity index (χ3v) is 5.53. The quantitative estimate of drug-likeness (QED) is 0.336. The van der Waals surface area contributed by atoms with Crippen molar-refractivity contribution in [3.05, 3.63) is 53.1 Å². The SMILES string of the molecule is CC(=O)c1ccc2[nH]c(O)c(C(=NCCCN(C)C(C)=O)c3ccc4c(c3)OCO4)c2c1. The second kappa shape index (κ2) is 8.74. The van der Waals surface area contributed by atoms with Crippen molar-refractivity contribution in [3.63, 3.8) is 0 Å². The Morgan fingerprint density at radius 1 is 1.09 bits per heavy atom. The Morgan fingerprint density at radius 3 is 2.59 bits per heavy atom. The van der Waals surface area contributed by atoms with Crippen LogP contribution in [0.4, 0.5) is 0 Å². The van der Waals surface area contributed by atoms with Gasteiger partial charge in [-0.3, -0.25) is 14.6 Å². The van der Waals surface area contributed by atoms with E-state index in [9.17, 15) is 14.7 Å². The molecule has 0 fully saturated rings. The average Bonchev–Trinajstić information content (AvgIpc) is 3.36. The zero-order valence-corrected chi connectivity index (χ0v) is 18.3. The Labute approximate surface area is 185 Å². The average molecular weight is 435 g/mol. The molecule has 0 saturated heterocycles. The van der Waals surface area contributed by atoms with Gasteiger partial charge in [0.25, 0.3) is 0 Å². The first-order chi connectivity index (χ1) is 15.3. The molecule has 32 heavy (non-hydrogen) atoms. The number of rotatable bonds is 7. The van der Waals surface area contributed by atoms with Crippen molar-refractivity contribution in [2.75, 3.05) is 26.9 Å². The minimum absolute atomic E-state index is 0.00370. The van der Waals surface area contributed by atoms with Gasteiger partial charge in [0, 0.05) is 49.1 Å². The maximum atomic E-state index is 11.9. The molecule has 4 rings (SSSR count). The van der Waals surface area contributed by atoms with Gasteiger partial charge in [-0.05, 0) is 49.7 Å². The molecule has 0 spiro atoms. The van der Waals surface area contributed by atoms with Crippen molar-refractivity contribution in [2.45, 2.75) is 20.3 Å². The Kier molecular flexibility index (Phi) is 5.85. The molecule has 1 aliphatic heterocycles. The van der Waals surface area contributed by atoms with Crippen LogP contribution in [0.5, 0.6) is 17.4 Å². The maximum absolute atomic E-state index is 11.9. The van der Waals surface area contributed by atoms with E-state index in [0.29, 0.717) is 58.8 Å². The van der Waals surface area contributed by atoms with Crippen LogP contribution < -0.4 is 9.47 Å². The molecule has 2 N–H and O–H groups in total. The topological polar surface area (TPSA) is 104 Å². The van der Waals surface area contributed by atoms with Crippen LogP contribution in [0.15, 0.2) is 41.4 Å². The van der Waals surface area contributed by atoms with Gasteiger partial charge < -0.3 is 24.5 Å². The van der Waals surface area contributed by atoms with E-state index in [1.54, 1.807) is 30.1 Å². The monoisotopic (exact) mass is 435 g/mol. The number of aromatic nitrogens is 1. The van der Waals surface area contributed by atoms with Gasteiger partial charge >= 0.3 is 0 Å². The number of H-pyrrole nitrogens is 1. The molecule has 8 nitrogen and oxygen atoms in total. The molecule has 3 aromatic rings. The van der Waals surface area contributed by atoms with Gasteiger partial charge in [0.15, 0.2) is 23.2 Å². The fraction of sp³-hybridized carbons (Fsp3) is 0.292. The number of ether oxygens (including phenoxy) is 2. The molecule has 1 aromatic heterocycles. The standard InChI is InChI=1S/C24H25N3O5/c1-14(28)16-5-7-19-18(11-16)22(24(30)26-19)23(25-9-4-10-27(3)15(2)29)17-6-8-20-21(12-17)32-13-31-20/h5-8,11-12,26,30H,4,9-10,13H2,1-3H3. The van der Waals surface area contributed by atoms with Crippen LogP contribution in [-0.2, 0) is 4.79 Å². The molecule has 0 unspecified atom stereocenters. The van der Waals surface area contributed by atoms with Gasteiger partial charge in [0.1, 0.15) is 0 Å². The van der Waals surface area contributed by atoms with Gasteiger partial charge in [0.2, 0.25) is 12.7 Å². The van der Waals surface area contributed by atoms with E-state index in [2.05, 4.69) is 4.98 Å². The summed E-state index contributed by atoms with van der Waals surface area (Å²) in [4.78, 5) is 32.8. The number of hydrogen-bond acceptors (Lipinski definition) is 6. The lowest BCUT2D eigenvalue weighted by molar-refractivity contribution is -0.127. The molecule has 8 heteroatoms. The minimum Gasteiger partial charge on any atom is -0.494 e. The highest BCUT2D eigenvalue weighted by molar-refractivity contribution is 6.21. The summed E-state index contributed by atoms with van der Waals surface area (Å²) < 4.78 is 10.9. The molecular weight excluding hydrogens is 410 g/mol. The lowest BCUT2D eigenvalue weighted by Crippen LogP contribution is -2.25. The molecular formula is C24H25N3O5. The van der Waals surface area contributed by atoms with Crippen molar-refractivity contribution in [2.24, 2.45) is 4.99 Å². The predicted octanol–water partition coefficient (Wildman–Crippen LogP) is 3.51. The van der Waals surface area contributed by atoms with E-state index in [1.807, 2.05) is 18.2 Å². The highest BCUT2D eigenvalue weighted by Gasteiger charge is 2.22. The number of carbonyl (C=O) groups excluding carboxylic acids is 2. The van der Waals surface area contributed by atoms with Crippen molar-refractivity contribution >= 4 is 28.3 Å². The largest absolute Gasteiger partial charge is 0.494 e. The number of amides is 1. The van der Waals surface area contributed by atoms with Crippen molar-refractivity contribution in [1.82, 2.24) is 9.88 Å². The first-order valence-corrected chi connectivity index (χ1v) is 10.4. The zero-order chi connectivity index (χ0) is 22.8. The number of ketones is 1. The van der Waals surface area contributed by atoms with E-state index in [4.69, 9.17) is 14.5 Å². The van der Waals surface area contributed by atoms with Gasteiger partial charge in [-0.1, -0.05) is 0 Å². The molecule has 1 amide bonds. The first-order valence-electron chi connectivity index (χ1n) is 10.4. The zero-order valence-electron chi connectivity index (χ0n) is 18.3. The number of aromatic hydroxyl groups is 1. The molecule has 2 heterocycles. The number of nitrogens with zero attached hydrogens (tertiary/aromatic N) is 2. The summed E-state index contributed by atoms with van der Waals surface area (Å²) >= 11 is 0. The molecule has 0 atom stereocenters. The summed E-state index contributed by atoms with van der Waals surface area (Å²) in [5.41, 5.74) is 3.08. The third kappa shape index (κ3) is 4.16. The molecule has 0 saturated carbocycles. The van der Waals surface area contributed by atoms with Gasteiger partial charge in [-0.15, -0.1) is 0 Å². The number of aliphatic imine (C=N–C) groups is 1. The smallest absolute Gasteiger partial charge is 0.231 e. The molecule has 1 aliphatic rings. The van der Waals surface area contributed by atoms with Crippen LogP contribution in [0.1, 0.15) is 41.8 Å². The Bertz CT molecular complexity index is 1230. The Balaban J connectivity index is 1.78. The second-order valence-electron chi connectivity index (χ2n) is 7.76. The summed E-state index contributed by atoms with van der Waals surface area (Å²) in [7, 11) is 1.75. The van der Waals surface area contributed by atoms with Crippen molar-refractivity contribution in [3.8, 4) is 17.4 Å². The van der Waals surface area contributed by atoms with Crippen molar-refractivity contribution < 1.29 is 24.2 Å². The highest BCUT2D eigenvalue weighted by Crippen LogP contribution is 2.36. The fourth-order valence-electron chi connectivity index (χ4n) is 3.65. The Hall–Kier alpha value is -3.81. The number of Topliss-reactive ketones (excluding diaryl/α,β-unsaturated/α-hetero) is 1. The second-order valence-corrected chi connectivity index (χ2v) is 7.76. The van der Waals surface area contributed by atoms with Gasteiger partial charge in [-0.25, -0.2) is 0 Å². The van der Waals surface area contributed by atoms with Crippen molar-refractivity contribution in [1.29, 1.82) is 0 Å². The first kappa shape index (κ1) is 21.4. The van der Waals surface area contributed by atoms with E-state index in [0.717, 1.165) is 5.56 Å². The van der Waals surface area contributed by atoms with Crippen LogP contribution in [-0.4, -0.2) is 59.3 Å². The number of fused-ring (bicyclic) bond motifs is 2. The fourth-order valence-corrected chi connectivity index (χ4v) is 3.65. The number of aromatic amines is 1. The van der Waals surface area contributed by atoms with Crippen LogP contribution >= 0.6 is 0 Å². The van der Waals surface area contributed by atoms with Gasteiger partial charge in [0.05, 0.1) is 11.3 Å². The molecule has 2 aromatic carbocycles. The van der Waals surface area contributed by atoms with Crippen LogP contribution in [0.2, 0.25) is 0 Å². The maximum Gasteiger partial charge on any atom is 0.231 e. The molecule has 0 bridgehead atoms. The van der Waals surface area contributed by atoms with Gasteiger partial charge in [-0.2, -0.15) is 0 Å². The third-order valence-electron chi connectivity index (χ3n) is 5.53. The van der Waals surface area contributed by atoms with E-state index >= 15 is 0 Å². The van der Waals surface area contributed by atoms with Crippen LogP contribution in [0.25, 0.3) is 10.9 Å². The van der Waals surface area contributed by atoms with E-state index in [1.165, 1.54) is 13.8 Å². The number of hydrogen-bond donors (Lipinski definition) is 2. The number of benzene rings is 2. The van der Waals surface area contributed by atoms with E-state index in [-0.39, 0.29) is 24.4 Å². The van der Waals surface area contributed by atoms with Crippen LogP contribution in [0, 0.1) is 0 Å². The summed E-state index contributed by atoms with van der Waals surface area (Å²) in [5, 5.41) is 11.5. The Morgan fingerprint density at radius 2 is 1.84 bits per heavy atom. The predicted molar refractivity (Wildman–Crippen MR) is 121 cm³/mol. The minimum atomic E-state index is -0.0626. The molecule has 0 radical (unpaired) electrons. The highest BCUT2D eigenvalue weighted by atomic mass is 16.7. The lowest BCUT2D eigenvalue weighted by atomic mass is 9.98. The van der Waals surface area contributed by atoms with E-state index < -0.39 is 0 Å². The lowest BCUT2D eigenvalue weighted by Gasteiger charge is -2.14. The molecule has 0 aliphatic carbocycles. The summed E-state index contributed by atoms with van der Waals surface area (Å²) in [6.45, 7) is 4.20. The summed E-state index contributed by atoms with van der Waals surface area (Å²) in [6.07, 6.45) is 0.659. The number of carbonyl (C=O) groups is 2. The number of nitrogens with one attached hydrogen (secondary N) is 1. The summed E-state index contributed by atoms with van der Waals surface area (Å²) in [5.74, 6) is 1.16. The molecule has 166 valence electrons. The van der Waals surface area contributed by atoms with Crippen LogP contribution in [0.3, 0.4) is 0 Å². The summed E-state index contributed by atoms with van der Waals surface area (Å²) in [6, 6.07) is 10.8. The normalized spacial score (nSPS) is 12.9.